The Hall–Kier alpha value is -3.65. The van der Waals surface area contributed by atoms with Gasteiger partial charge in [0.1, 0.15) is 17.3 Å². The number of ketones is 1. The van der Waals surface area contributed by atoms with E-state index in [1.165, 1.54) is 11.8 Å². The first-order valence-corrected chi connectivity index (χ1v) is 11.6. The van der Waals surface area contributed by atoms with E-state index in [-0.39, 0.29) is 11.3 Å². The lowest BCUT2D eigenvalue weighted by Crippen LogP contribution is -2.35. The minimum atomic E-state index is -0.780. The second-order valence-electron chi connectivity index (χ2n) is 8.79. The van der Waals surface area contributed by atoms with E-state index in [1.54, 1.807) is 42.5 Å². The molecule has 1 aliphatic heterocycles. The number of likely N-dealkylation sites (N-methyl/N-ethyl adjacent to an activating group) is 1. The summed E-state index contributed by atoms with van der Waals surface area (Å²) in [6.07, 6.45) is 0.869. The van der Waals surface area contributed by atoms with E-state index in [9.17, 15) is 19.5 Å². The van der Waals surface area contributed by atoms with Gasteiger partial charge in [-0.3, -0.25) is 14.4 Å². The largest absolute Gasteiger partial charge is 0.507 e. The van der Waals surface area contributed by atoms with Crippen LogP contribution in [-0.2, 0) is 14.4 Å². The number of hydrogen-bond acceptors (Lipinski definition) is 7. The van der Waals surface area contributed by atoms with Gasteiger partial charge in [-0.25, -0.2) is 0 Å². The average molecular weight is 481 g/mol. The predicted octanol–water partition coefficient (Wildman–Crippen LogP) is 3.69. The maximum Gasteiger partial charge on any atom is 0.308 e. The summed E-state index contributed by atoms with van der Waals surface area (Å²) in [5, 5.41) is 11.3. The summed E-state index contributed by atoms with van der Waals surface area (Å²) in [5.41, 5.74) is 1.89. The van der Waals surface area contributed by atoms with Gasteiger partial charge in [-0.05, 0) is 68.9 Å². The lowest BCUT2D eigenvalue weighted by molar-refractivity contribution is -0.140. The molecule has 35 heavy (non-hydrogen) atoms. The maximum absolute atomic E-state index is 13.1. The number of carbonyl (C=O) groups is 3. The second kappa shape index (κ2) is 11.2. The fraction of sp³-hybridized carbons (Fsp3) is 0.370. The Bertz CT molecular complexity index is 1140. The zero-order valence-corrected chi connectivity index (χ0v) is 20.8. The molecule has 0 radical (unpaired) electrons. The van der Waals surface area contributed by atoms with Gasteiger partial charge in [-0.2, -0.15) is 0 Å². The third-order valence-electron chi connectivity index (χ3n) is 5.70. The molecular formula is C27H32N2O6. The number of likely N-dealkylation sites (tertiary alicyclic amines) is 1. The number of amides is 1. The number of esters is 1. The van der Waals surface area contributed by atoms with Crippen molar-refractivity contribution in [2.24, 2.45) is 0 Å². The van der Waals surface area contributed by atoms with E-state index < -0.39 is 23.7 Å². The third-order valence-corrected chi connectivity index (χ3v) is 5.70. The van der Waals surface area contributed by atoms with Crippen LogP contribution in [0.2, 0.25) is 0 Å². The number of rotatable bonds is 9. The summed E-state index contributed by atoms with van der Waals surface area (Å²) < 4.78 is 10.8. The van der Waals surface area contributed by atoms with E-state index in [0.29, 0.717) is 42.3 Å². The molecule has 1 aliphatic rings. The third kappa shape index (κ3) is 5.89. The Morgan fingerprint density at radius 3 is 2.37 bits per heavy atom. The van der Waals surface area contributed by atoms with Gasteiger partial charge < -0.3 is 24.4 Å². The molecule has 1 amide bonds. The van der Waals surface area contributed by atoms with Crippen molar-refractivity contribution in [2.45, 2.75) is 33.2 Å². The molecule has 8 nitrogen and oxygen atoms in total. The molecular weight excluding hydrogens is 448 g/mol. The number of ether oxygens (including phenoxy) is 2. The molecule has 2 aromatic carbocycles. The fourth-order valence-corrected chi connectivity index (χ4v) is 3.98. The smallest absolute Gasteiger partial charge is 0.308 e. The van der Waals surface area contributed by atoms with E-state index in [4.69, 9.17) is 9.47 Å². The molecule has 0 spiro atoms. The average Bonchev–Trinajstić information content (AvgIpc) is 3.06. The molecule has 8 heteroatoms. The molecule has 1 N–H and O–H groups in total. The highest BCUT2D eigenvalue weighted by Crippen LogP contribution is 2.40. The molecule has 1 saturated heterocycles. The first kappa shape index (κ1) is 26.0. The van der Waals surface area contributed by atoms with Crippen LogP contribution in [0, 0.1) is 6.92 Å². The molecule has 2 aromatic rings. The lowest BCUT2D eigenvalue weighted by Gasteiger charge is -2.26. The summed E-state index contributed by atoms with van der Waals surface area (Å²) in [4.78, 5) is 40.8. The van der Waals surface area contributed by atoms with Crippen molar-refractivity contribution in [3.8, 4) is 11.5 Å². The first-order valence-electron chi connectivity index (χ1n) is 11.6. The number of nitrogens with zero attached hydrogens (tertiary/aromatic N) is 2. The summed E-state index contributed by atoms with van der Waals surface area (Å²) in [6.45, 7) is 6.61. The highest BCUT2D eigenvalue weighted by atomic mass is 16.5. The quantitative estimate of drug-likeness (QED) is 0.192. The summed E-state index contributed by atoms with van der Waals surface area (Å²) in [5.74, 6) is -1.04. The van der Waals surface area contributed by atoms with Gasteiger partial charge in [0.2, 0.25) is 0 Å². The zero-order chi connectivity index (χ0) is 25.7. The van der Waals surface area contributed by atoms with Crippen molar-refractivity contribution in [3.63, 3.8) is 0 Å². The van der Waals surface area contributed by atoms with Crippen LogP contribution in [0.25, 0.3) is 5.76 Å². The molecule has 186 valence electrons. The van der Waals surface area contributed by atoms with Gasteiger partial charge in [0.05, 0.1) is 18.2 Å². The zero-order valence-electron chi connectivity index (χ0n) is 20.8. The molecule has 1 fully saturated rings. The van der Waals surface area contributed by atoms with Crippen LogP contribution in [0.5, 0.6) is 11.5 Å². The number of hydrogen-bond donors (Lipinski definition) is 1. The van der Waals surface area contributed by atoms with Crippen LogP contribution in [-0.4, -0.2) is 66.4 Å². The van der Waals surface area contributed by atoms with Gasteiger partial charge in [0, 0.05) is 25.6 Å². The topological polar surface area (TPSA) is 96.4 Å². The normalized spacial score (nSPS) is 17.2. The summed E-state index contributed by atoms with van der Waals surface area (Å²) in [6, 6.07) is 11.0. The number of aliphatic hydroxyl groups is 1. The van der Waals surface area contributed by atoms with Crippen molar-refractivity contribution in [1.82, 2.24) is 9.80 Å². The number of Topliss-reactive ketones (excluding diaryl/α,β-unsaturated/α-hetero) is 1. The van der Waals surface area contributed by atoms with E-state index in [1.807, 2.05) is 32.8 Å². The Morgan fingerprint density at radius 1 is 1.11 bits per heavy atom. The predicted molar refractivity (Wildman–Crippen MR) is 132 cm³/mol. The highest BCUT2D eigenvalue weighted by Gasteiger charge is 2.45. The number of aliphatic hydroxyl groups excluding tert-OH is 1. The minimum Gasteiger partial charge on any atom is -0.507 e. The Morgan fingerprint density at radius 2 is 1.80 bits per heavy atom. The highest BCUT2D eigenvalue weighted by molar-refractivity contribution is 6.46. The van der Waals surface area contributed by atoms with E-state index in [0.717, 1.165) is 12.0 Å². The standard InChI is InChI=1S/C27H32N2O6/c1-6-15-34-22-12-9-20(16-17(22)2)25(31)23-24(19-7-10-21(11-8-19)35-18(3)30)29(14-13-28(4)5)27(33)26(23)32/h7-12,16,24,31H,6,13-15H2,1-5H3/b25-23-. The Labute approximate surface area is 205 Å². The number of carbonyl (C=O) groups excluding carboxylic acids is 3. The molecule has 0 saturated carbocycles. The summed E-state index contributed by atoms with van der Waals surface area (Å²) in [7, 11) is 3.76. The molecule has 0 aromatic heterocycles. The van der Waals surface area contributed by atoms with Gasteiger partial charge in [0.25, 0.3) is 11.7 Å². The van der Waals surface area contributed by atoms with Gasteiger partial charge in [-0.1, -0.05) is 19.1 Å². The molecule has 3 rings (SSSR count). The SMILES string of the molecule is CCCOc1ccc(/C(O)=C2/C(=O)C(=O)N(CCN(C)C)C2c2ccc(OC(C)=O)cc2)cc1C. The van der Waals surface area contributed by atoms with Crippen LogP contribution < -0.4 is 9.47 Å². The van der Waals surface area contributed by atoms with Crippen molar-refractivity contribution < 1.29 is 29.0 Å². The molecule has 1 heterocycles. The number of benzene rings is 2. The number of aryl methyl sites for hydroxylation is 1. The van der Waals surface area contributed by atoms with Gasteiger partial charge in [-0.15, -0.1) is 0 Å². The van der Waals surface area contributed by atoms with Gasteiger partial charge in [0.15, 0.2) is 0 Å². The van der Waals surface area contributed by atoms with Crippen LogP contribution in [0.3, 0.4) is 0 Å². The molecule has 1 atom stereocenters. The van der Waals surface area contributed by atoms with Crippen molar-refractivity contribution in [2.75, 3.05) is 33.8 Å². The van der Waals surface area contributed by atoms with Crippen molar-refractivity contribution >= 4 is 23.4 Å². The molecule has 1 unspecified atom stereocenters. The van der Waals surface area contributed by atoms with E-state index in [2.05, 4.69) is 0 Å². The van der Waals surface area contributed by atoms with Crippen LogP contribution in [0.1, 0.15) is 43.0 Å². The van der Waals surface area contributed by atoms with Crippen molar-refractivity contribution in [3.05, 3.63) is 64.7 Å². The summed E-state index contributed by atoms with van der Waals surface area (Å²) >= 11 is 0. The molecule has 0 aliphatic carbocycles. The Balaban J connectivity index is 2.08. The second-order valence-corrected chi connectivity index (χ2v) is 8.79. The van der Waals surface area contributed by atoms with Gasteiger partial charge >= 0.3 is 5.97 Å². The fourth-order valence-electron chi connectivity index (χ4n) is 3.98. The van der Waals surface area contributed by atoms with Crippen molar-refractivity contribution in [1.29, 1.82) is 0 Å². The minimum absolute atomic E-state index is 0.0237. The monoisotopic (exact) mass is 480 g/mol. The lowest BCUT2D eigenvalue weighted by atomic mass is 9.94. The maximum atomic E-state index is 13.1. The Kier molecular flexibility index (Phi) is 8.30. The van der Waals surface area contributed by atoms with Crippen LogP contribution in [0.15, 0.2) is 48.0 Å². The molecule has 0 bridgehead atoms. The first-order chi connectivity index (χ1) is 16.6. The van der Waals surface area contributed by atoms with E-state index >= 15 is 0 Å². The van der Waals surface area contributed by atoms with Crippen LogP contribution >= 0.6 is 0 Å². The van der Waals surface area contributed by atoms with Crippen LogP contribution in [0.4, 0.5) is 0 Å².